The standard InChI is InChI=1S/C8H11FO/c9-8(6-7-10)4-2-1-3-5-8/h1-4,10H,5-7H2/t8-/m0/s1. The van der Waals surface area contributed by atoms with Gasteiger partial charge in [0.05, 0.1) is 0 Å². The molecule has 1 rings (SSSR count). The van der Waals surface area contributed by atoms with Crippen LogP contribution in [0.15, 0.2) is 24.3 Å². The predicted molar refractivity (Wildman–Crippen MR) is 38.4 cm³/mol. The van der Waals surface area contributed by atoms with Crippen molar-refractivity contribution >= 4 is 0 Å². The number of rotatable bonds is 2. The Labute approximate surface area is 59.9 Å². The van der Waals surface area contributed by atoms with Gasteiger partial charge in [-0.05, 0) is 6.08 Å². The first kappa shape index (κ1) is 7.48. The summed E-state index contributed by atoms with van der Waals surface area (Å²) in [5.41, 5.74) is -1.29. The van der Waals surface area contributed by atoms with Gasteiger partial charge >= 0.3 is 0 Å². The van der Waals surface area contributed by atoms with Crippen molar-refractivity contribution in [3.8, 4) is 0 Å². The lowest BCUT2D eigenvalue weighted by Gasteiger charge is -2.20. The van der Waals surface area contributed by atoms with Crippen molar-refractivity contribution in [2.75, 3.05) is 6.61 Å². The third kappa shape index (κ3) is 1.67. The van der Waals surface area contributed by atoms with Crippen LogP contribution in [0.5, 0.6) is 0 Å². The molecule has 0 amide bonds. The fraction of sp³-hybridized carbons (Fsp3) is 0.500. The summed E-state index contributed by atoms with van der Waals surface area (Å²) in [6.45, 7) is -0.0886. The van der Waals surface area contributed by atoms with Crippen molar-refractivity contribution in [1.82, 2.24) is 0 Å². The number of alkyl halides is 1. The Morgan fingerprint density at radius 3 is 2.80 bits per heavy atom. The number of aliphatic hydroxyl groups excluding tert-OH is 1. The molecule has 0 spiro atoms. The highest BCUT2D eigenvalue weighted by atomic mass is 19.1. The quantitative estimate of drug-likeness (QED) is 0.620. The van der Waals surface area contributed by atoms with E-state index in [1.54, 1.807) is 12.2 Å². The lowest BCUT2D eigenvalue weighted by molar-refractivity contribution is 0.162. The summed E-state index contributed by atoms with van der Waals surface area (Å²) in [7, 11) is 0. The second-order valence-electron chi connectivity index (χ2n) is 2.50. The Kier molecular flexibility index (Phi) is 2.22. The molecule has 0 unspecified atom stereocenters. The first-order chi connectivity index (χ1) is 4.77. The molecule has 0 aliphatic heterocycles. The molecule has 0 aromatic rings. The number of allylic oxidation sites excluding steroid dienone is 4. The van der Waals surface area contributed by atoms with Crippen molar-refractivity contribution in [3.63, 3.8) is 0 Å². The highest BCUT2D eigenvalue weighted by Crippen LogP contribution is 2.25. The summed E-state index contributed by atoms with van der Waals surface area (Å²) in [5.74, 6) is 0. The lowest BCUT2D eigenvalue weighted by Crippen LogP contribution is -2.21. The van der Waals surface area contributed by atoms with Crippen molar-refractivity contribution < 1.29 is 9.50 Å². The van der Waals surface area contributed by atoms with Crippen molar-refractivity contribution in [2.24, 2.45) is 0 Å². The number of aliphatic hydroxyl groups is 1. The van der Waals surface area contributed by atoms with Gasteiger partial charge in [0, 0.05) is 19.4 Å². The maximum atomic E-state index is 13.3. The molecule has 0 fully saturated rings. The molecule has 0 bridgehead atoms. The van der Waals surface area contributed by atoms with Crippen LogP contribution in [0.3, 0.4) is 0 Å². The van der Waals surface area contributed by atoms with E-state index in [4.69, 9.17) is 5.11 Å². The van der Waals surface area contributed by atoms with E-state index in [9.17, 15) is 4.39 Å². The first-order valence-corrected chi connectivity index (χ1v) is 3.41. The van der Waals surface area contributed by atoms with Crippen molar-refractivity contribution in [2.45, 2.75) is 18.5 Å². The van der Waals surface area contributed by atoms with Gasteiger partial charge in [-0.2, -0.15) is 0 Å². The molecule has 1 aliphatic rings. The Hall–Kier alpha value is -0.630. The summed E-state index contributed by atoms with van der Waals surface area (Å²) in [4.78, 5) is 0. The highest BCUT2D eigenvalue weighted by molar-refractivity contribution is 5.17. The van der Waals surface area contributed by atoms with Crippen LogP contribution in [0.1, 0.15) is 12.8 Å². The number of hydrogen-bond donors (Lipinski definition) is 1. The van der Waals surface area contributed by atoms with Crippen LogP contribution in [-0.2, 0) is 0 Å². The maximum Gasteiger partial charge on any atom is 0.135 e. The summed E-state index contributed by atoms with van der Waals surface area (Å²) in [6, 6.07) is 0. The predicted octanol–water partition coefficient (Wildman–Crippen LogP) is 1.59. The minimum Gasteiger partial charge on any atom is -0.396 e. The van der Waals surface area contributed by atoms with Gasteiger partial charge in [-0.15, -0.1) is 0 Å². The molecule has 56 valence electrons. The second kappa shape index (κ2) is 2.97. The van der Waals surface area contributed by atoms with Crippen LogP contribution >= 0.6 is 0 Å². The Morgan fingerprint density at radius 1 is 1.50 bits per heavy atom. The van der Waals surface area contributed by atoms with E-state index in [2.05, 4.69) is 0 Å². The van der Waals surface area contributed by atoms with Crippen LogP contribution in [0, 0.1) is 0 Å². The molecule has 0 aromatic carbocycles. The lowest BCUT2D eigenvalue weighted by atomic mass is 9.94. The maximum absolute atomic E-state index is 13.3. The molecule has 0 heterocycles. The molecular weight excluding hydrogens is 131 g/mol. The monoisotopic (exact) mass is 142 g/mol. The average Bonchev–Trinajstić information content (AvgIpc) is 1.89. The van der Waals surface area contributed by atoms with Crippen LogP contribution in [-0.4, -0.2) is 17.4 Å². The first-order valence-electron chi connectivity index (χ1n) is 3.41. The van der Waals surface area contributed by atoms with Gasteiger partial charge in [0.1, 0.15) is 5.67 Å². The zero-order valence-electron chi connectivity index (χ0n) is 5.76. The van der Waals surface area contributed by atoms with Gasteiger partial charge < -0.3 is 5.11 Å². The van der Waals surface area contributed by atoms with Gasteiger partial charge in [0.2, 0.25) is 0 Å². The van der Waals surface area contributed by atoms with Gasteiger partial charge in [0.15, 0.2) is 0 Å². The van der Waals surface area contributed by atoms with E-state index in [0.717, 1.165) is 0 Å². The van der Waals surface area contributed by atoms with Crippen molar-refractivity contribution in [3.05, 3.63) is 24.3 Å². The molecule has 1 atom stereocenters. The summed E-state index contributed by atoms with van der Waals surface area (Å²) < 4.78 is 13.3. The van der Waals surface area contributed by atoms with Crippen molar-refractivity contribution in [1.29, 1.82) is 0 Å². The summed E-state index contributed by atoms with van der Waals surface area (Å²) in [5, 5.41) is 8.49. The van der Waals surface area contributed by atoms with Gasteiger partial charge in [-0.25, -0.2) is 4.39 Å². The van der Waals surface area contributed by atoms with Gasteiger partial charge in [-0.3, -0.25) is 0 Å². The van der Waals surface area contributed by atoms with Crippen LogP contribution in [0.25, 0.3) is 0 Å². The topological polar surface area (TPSA) is 20.2 Å². The Bertz CT molecular complexity index is 163. The minimum absolute atomic E-state index is 0.0886. The Morgan fingerprint density at radius 2 is 2.30 bits per heavy atom. The molecule has 0 saturated heterocycles. The fourth-order valence-corrected chi connectivity index (χ4v) is 1.01. The molecule has 1 nitrogen and oxygen atoms in total. The van der Waals surface area contributed by atoms with Gasteiger partial charge in [0.25, 0.3) is 0 Å². The molecule has 0 aromatic heterocycles. The van der Waals surface area contributed by atoms with Crippen LogP contribution < -0.4 is 0 Å². The fourth-order valence-electron chi connectivity index (χ4n) is 1.01. The van der Waals surface area contributed by atoms with E-state index >= 15 is 0 Å². The van der Waals surface area contributed by atoms with Crippen LogP contribution in [0.2, 0.25) is 0 Å². The van der Waals surface area contributed by atoms with E-state index in [1.165, 1.54) is 6.08 Å². The largest absolute Gasteiger partial charge is 0.396 e. The Balaban J connectivity index is 2.52. The SMILES string of the molecule is OCC[C@]1(F)C=CC=CC1. The van der Waals surface area contributed by atoms with Crippen LogP contribution in [0.4, 0.5) is 4.39 Å². The van der Waals surface area contributed by atoms with E-state index in [1.807, 2.05) is 6.08 Å². The third-order valence-corrected chi connectivity index (χ3v) is 1.63. The smallest absolute Gasteiger partial charge is 0.135 e. The zero-order valence-corrected chi connectivity index (χ0v) is 5.76. The summed E-state index contributed by atoms with van der Waals surface area (Å²) >= 11 is 0. The van der Waals surface area contributed by atoms with E-state index in [-0.39, 0.29) is 13.0 Å². The molecule has 10 heavy (non-hydrogen) atoms. The molecular formula is C8H11FO. The van der Waals surface area contributed by atoms with E-state index in [0.29, 0.717) is 6.42 Å². The zero-order chi connectivity index (χ0) is 7.45. The third-order valence-electron chi connectivity index (χ3n) is 1.63. The normalized spacial score (nSPS) is 31.0. The second-order valence-corrected chi connectivity index (χ2v) is 2.50. The minimum atomic E-state index is -1.29. The molecule has 2 heteroatoms. The number of halogens is 1. The number of hydrogen-bond acceptors (Lipinski definition) is 1. The molecule has 0 saturated carbocycles. The van der Waals surface area contributed by atoms with E-state index < -0.39 is 5.67 Å². The molecule has 0 radical (unpaired) electrons. The molecule has 1 aliphatic carbocycles. The molecule has 1 N–H and O–H groups in total. The highest BCUT2D eigenvalue weighted by Gasteiger charge is 2.24. The summed E-state index contributed by atoms with van der Waals surface area (Å²) in [6.07, 6.45) is 7.37. The van der Waals surface area contributed by atoms with Gasteiger partial charge in [-0.1, -0.05) is 18.2 Å². The average molecular weight is 142 g/mol.